The Morgan fingerprint density at radius 3 is 2.29 bits per heavy atom. The fourth-order valence-corrected chi connectivity index (χ4v) is 2.36. The Morgan fingerprint density at radius 1 is 1.07 bits per heavy atom. The van der Waals surface area contributed by atoms with E-state index in [1.54, 1.807) is 6.92 Å². The van der Waals surface area contributed by atoms with Crippen LogP contribution < -0.4 is 10.1 Å². The van der Waals surface area contributed by atoms with Gasteiger partial charge in [0.15, 0.2) is 0 Å². The minimum Gasteiger partial charge on any atom is -0.489 e. The summed E-state index contributed by atoms with van der Waals surface area (Å²) in [6.07, 6.45) is 0. The average molecular weight is 385 g/mol. The number of anilines is 1. The minimum atomic E-state index is -0.520. The summed E-state index contributed by atoms with van der Waals surface area (Å²) in [5.41, 5.74) is 2.35. The number of nitrogens with one attached hydrogen (secondary N) is 2. The molecule has 0 aliphatic carbocycles. The van der Waals surface area contributed by atoms with Crippen molar-refractivity contribution in [2.75, 3.05) is 11.9 Å². The molecule has 0 aromatic heterocycles. The van der Waals surface area contributed by atoms with Gasteiger partial charge in [0.1, 0.15) is 24.5 Å². The summed E-state index contributed by atoms with van der Waals surface area (Å²) < 4.78 is 11.1. The van der Waals surface area contributed by atoms with E-state index in [9.17, 15) is 4.79 Å². The van der Waals surface area contributed by atoms with Crippen LogP contribution in [-0.4, -0.2) is 23.8 Å². The number of benzene rings is 2. The molecule has 0 bridgehead atoms. The Hall–Kier alpha value is -2.82. The fourth-order valence-electron chi connectivity index (χ4n) is 2.36. The molecular weight excluding hydrogens is 352 g/mol. The van der Waals surface area contributed by atoms with Crippen LogP contribution in [0, 0.1) is 5.41 Å². The second-order valence-corrected chi connectivity index (χ2v) is 7.05. The SMILES string of the molecule is CC.CC(=N)c1cc(OCc2ccccc2)ccc1NCC(=O)OC(C)(C)C. The molecule has 2 N–H and O–H groups in total. The van der Waals surface area contributed by atoms with Gasteiger partial charge in [-0.25, -0.2) is 0 Å². The lowest BCUT2D eigenvalue weighted by atomic mass is 10.1. The highest BCUT2D eigenvalue weighted by Crippen LogP contribution is 2.23. The van der Waals surface area contributed by atoms with E-state index in [0.717, 1.165) is 5.56 Å². The van der Waals surface area contributed by atoms with Crippen molar-refractivity contribution >= 4 is 17.4 Å². The van der Waals surface area contributed by atoms with E-state index in [-0.39, 0.29) is 12.5 Å². The summed E-state index contributed by atoms with van der Waals surface area (Å²) in [5.74, 6) is 0.341. The number of carbonyl (C=O) groups excluding carboxylic acids is 1. The van der Waals surface area contributed by atoms with Crippen molar-refractivity contribution < 1.29 is 14.3 Å². The zero-order chi connectivity index (χ0) is 21.2. The van der Waals surface area contributed by atoms with Crippen molar-refractivity contribution in [2.24, 2.45) is 0 Å². The standard InChI is InChI=1S/C21H26N2O3.C2H6/c1-15(22)18-12-17(25-14-16-8-6-5-7-9-16)10-11-19(18)23-13-20(24)26-21(2,3)4;1-2/h5-12,22-23H,13-14H2,1-4H3;1-2H3. The summed E-state index contributed by atoms with van der Waals surface area (Å²) in [6, 6.07) is 15.4. The van der Waals surface area contributed by atoms with Crippen molar-refractivity contribution in [1.29, 1.82) is 5.41 Å². The number of ether oxygens (including phenoxy) is 2. The minimum absolute atomic E-state index is 0.0434. The van der Waals surface area contributed by atoms with E-state index >= 15 is 0 Å². The molecule has 5 nitrogen and oxygen atoms in total. The van der Waals surface area contributed by atoms with Gasteiger partial charge in [-0.2, -0.15) is 0 Å². The molecule has 0 heterocycles. The van der Waals surface area contributed by atoms with E-state index in [1.807, 2.05) is 83.1 Å². The number of carbonyl (C=O) groups is 1. The van der Waals surface area contributed by atoms with Crippen LogP contribution in [-0.2, 0) is 16.1 Å². The Morgan fingerprint density at radius 2 is 1.71 bits per heavy atom. The Kier molecular flexibility index (Phi) is 9.22. The highest BCUT2D eigenvalue weighted by molar-refractivity contribution is 6.02. The molecule has 152 valence electrons. The third-order valence-electron chi connectivity index (χ3n) is 3.49. The first-order chi connectivity index (χ1) is 13.2. The fraction of sp³-hybridized carbons (Fsp3) is 0.391. The molecule has 0 atom stereocenters. The van der Waals surface area contributed by atoms with Crippen molar-refractivity contribution in [2.45, 2.75) is 53.8 Å². The third-order valence-corrected chi connectivity index (χ3v) is 3.49. The molecule has 0 aliphatic heterocycles. The van der Waals surface area contributed by atoms with Crippen LogP contribution in [0.2, 0.25) is 0 Å². The Bertz CT molecular complexity index is 765. The predicted molar refractivity (Wildman–Crippen MR) is 115 cm³/mol. The molecule has 0 aliphatic rings. The molecule has 0 radical (unpaired) electrons. The van der Waals surface area contributed by atoms with Crippen molar-refractivity contribution in [3.63, 3.8) is 0 Å². The molecule has 0 spiro atoms. The molecule has 5 heteroatoms. The van der Waals surface area contributed by atoms with Gasteiger partial charge in [0.2, 0.25) is 0 Å². The normalized spacial score (nSPS) is 10.4. The number of rotatable bonds is 7. The van der Waals surface area contributed by atoms with Crippen LogP contribution in [0.4, 0.5) is 5.69 Å². The lowest BCUT2D eigenvalue weighted by Gasteiger charge is -2.20. The molecule has 2 rings (SSSR count). The topological polar surface area (TPSA) is 71.4 Å². The maximum absolute atomic E-state index is 11.9. The average Bonchev–Trinajstić information content (AvgIpc) is 2.66. The van der Waals surface area contributed by atoms with Gasteiger partial charge in [-0.1, -0.05) is 44.2 Å². The van der Waals surface area contributed by atoms with Crippen molar-refractivity contribution in [3.8, 4) is 5.75 Å². The van der Waals surface area contributed by atoms with Crippen molar-refractivity contribution in [1.82, 2.24) is 0 Å². The number of hydrogen-bond donors (Lipinski definition) is 2. The van der Waals surface area contributed by atoms with Crippen LogP contribution >= 0.6 is 0 Å². The number of hydrogen-bond acceptors (Lipinski definition) is 5. The van der Waals surface area contributed by atoms with Gasteiger partial charge in [0.25, 0.3) is 0 Å². The Labute approximate surface area is 168 Å². The maximum Gasteiger partial charge on any atom is 0.325 e. The van der Waals surface area contributed by atoms with Crippen LogP contribution in [0.15, 0.2) is 48.5 Å². The van der Waals surface area contributed by atoms with Gasteiger partial charge >= 0.3 is 5.97 Å². The molecule has 0 unspecified atom stereocenters. The van der Waals surface area contributed by atoms with Crippen LogP contribution in [0.1, 0.15) is 52.7 Å². The van der Waals surface area contributed by atoms with Crippen LogP contribution in [0.3, 0.4) is 0 Å². The van der Waals surface area contributed by atoms with Crippen molar-refractivity contribution in [3.05, 3.63) is 59.7 Å². The van der Waals surface area contributed by atoms with E-state index < -0.39 is 5.60 Å². The van der Waals surface area contributed by atoms with Gasteiger partial charge < -0.3 is 20.2 Å². The first-order valence-corrected chi connectivity index (χ1v) is 9.56. The number of esters is 1. The van der Waals surface area contributed by atoms with Gasteiger partial charge in [0, 0.05) is 17.0 Å². The lowest BCUT2D eigenvalue weighted by molar-refractivity contribution is -0.152. The quantitative estimate of drug-likeness (QED) is 0.493. The summed E-state index contributed by atoms with van der Waals surface area (Å²) >= 11 is 0. The molecule has 0 saturated heterocycles. The third kappa shape index (κ3) is 8.25. The second kappa shape index (κ2) is 11.1. The summed E-state index contributed by atoms with van der Waals surface area (Å²) in [4.78, 5) is 11.9. The summed E-state index contributed by atoms with van der Waals surface area (Å²) in [7, 11) is 0. The van der Waals surface area contributed by atoms with Gasteiger partial charge in [-0.3, -0.25) is 4.79 Å². The Balaban J connectivity index is 0.00000190. The predicted octanol–water partition coefficient (Wildman–Crippen LogP) is 5.43. The smallest absolute Gasteiger partial charge is 0.325 e. The van der Waals surface area contributed by atoms with Gasteiger partial charge in [-0.15, -0.1) is 0 Å². The van der Waals surface area contributed by atoms with E-state index in [1.165, 1.54) is 0 Å². The molecule has 0 amide bonds. The molecule has 2 aromatic rings. The van der Waals surface area contributed by atoms with Crippen LogP contribution in [0.25, 0.3) is 0 Å². The van der Waals surface area contributed by atoms with E-state index in [0.29, 0.717) is 29.3 Å². The second-order valence-electron chi connectivity index (χ2n) is 7.05. The van der Waals surface area contributed by atoms with E-state index in [4.69, 9.17) is 14.9 Å². The first-order valence-electron chi connectivity index (χ1n) is 9.56. The summed E-state index contributed by atoms with van der Waals surface area (Å²) in [6.45, 7) is 11.7. The van der Waals surface area contributed by atoms with Crippen LogP contribution in [0.5, 0.6) is 5.75 Å². The zero-order valence-electron chi connectivity index (χ0n) is 17.8. The van der Waals surface area contributed by atoms with Gasteiger partial charge in [0.05, 0.1) is 0 Å². The first kappa shape index (κ1) is 23.2. The lowest BCUT2D eigenvalue weighted by Crippen LogP contribution is -2.28. The molecule has 0 saturated carbocycles. The molecular formula is C23H32N2O3. The zero-order valence-corrected chi connectivity index (χ0v) is 17.8. The highest BCUT2D eigenvalue weighted by Gasteiger charge is 2.16. The maximum atomic E-state index is 11.9. The van der Waals surface area contributed by atoms with E-state index in [2.05, 4.69) is 5.32 Å². The molecule has 28 heavy (non-hydrogen) atoms. The summed E-state index contributed by atoms with van der Waals surface area (Å²) in [5, 5.41) is 11.0. The van der Waals surface area contributed by atoms with Gasteiger partial charge in [-0.05, 0) is 51.5 Å². The molecule has 0 fully saturated rings. The molecule has 2 aromatic carbocycles. The monoisotopic (exact) mass is 384 g/mol. The largest absolute Gasteiger partial charge is 0.489 e. The highest BCUT2D eigenvalue weighted by atomic mass is 16.6.